The van der Waals surface area contributed by atoms with Gasteiger partial charge in [-0.2, -0.15) is 0 Å². The van der Waals surface area contributed by atoms with Crippen LogP contribution in [0.1, 0.15) is 49.4 Å². The number of carbonyl (C=O) groups is 1. The first kappa shape index (κ1) is 21.4. The molecule has 2 heterocycles. The number of hydrogen-bond donors (Lipinski definition) is 1. The number of benzene rings is 1. The monoisotopic (exact) mass is 396 g/mol. The molecule has 1 aromatic carbocycles. The van der Waals surface area contributed by atoms with Crippen LogP contribution in [-0.2, 0) is 0 Å². The van der Waals surface area contributed by atoms with Crippen LogP contribution in [0.25, 0.3) is 0 Å². The molecule has 1 aromatic rings. The molecule has 0 saturated carbocycles. The molecule has 2 N–H and O–H groups in total. The zero-order chi connectivity index (χ0) is 18.7. The van der Waals surface area contributed by atoms with Gasteiger partial charge in [0.15, 0.2) is 0 Å². The molecule has 2 aliphatic heterocycles. The Bertz CT molecular complexity index is 677. The van der Waals surface area contributed by atoms with Crippen LogP contribution in [0, 0.1) is 16.0 Å². The van der Waals surface area contributed by atoms with Gasteiger partial charge < -0.3 is 15.5 Å². The van der Waals surface area contributed by atoms with Crippen molar-refractivity contribution < 1.29 is 9.72 Å². The summed E-state index contributed by atoms with van der Waals surface area (Å²) >= 11 is 0. The van der Waals surface area contributed by atoms with Crippen molar-refractivity contribution in [3.63, 3.8) is 0 Å². The quantitative estimate of drug-likeness (QED) is 0.623. The van der Waals surface area contributed by atoms with E-state index < -0.39 is 0 Å². The molecule has 1 unspecified atom stereocenters. The highest BCUT2D eigenvalue weighted by Crippen LogP contribution is 2.33. The Morgan fingerprint density at radius 2 is 1.93 bits per heavy atom. The van der Waals surface area contributed by atoms with Crippen molar-refractivity contribution in [3.8, 4) is 0 Å². The molecule has 2 fully saturated rings. The van der Waals surface area contributed by atoms with Gasteiger partial charge in [0.25, 0.3) is 11.6 Å². The van der Waals surface area contributed by atoms with Gasteiger partial charge in [0.2, 0.25) is 0 Å². The first-order valence-corrected chi connectivity index (χ1v) is 9.55. The standard InChI is InChI=1S/C19H28N4O3.ClH/c1-14-7-10-21(11-8-14)17-6-5-15(12-18(17)23(25)26)19(24)22-9-3-2-4-16(22)13-20;/h5-6,12,14,16H,2-4,7-11,13,20H2,1H3;1H. The number of nitrogens with zero attached hydrogens (tertiary/aromatic N) is 3. The number of hydrogen-bond acceptors (Lipinski definition) is 5. The lowest BCUT2D eigenvalue weighted by Crippen LogP contribution is -2.47. The molecular formula is C19H29ClN4O3. The molecule has 0 aromatic heterocycles. The van der Waals surface area contributed by atoms with Crippen LogP contribution >= 0.6 is 12.4 Å². The first-order chi connectivity index (χ1) is 12.5. The Hall–Kier alpha value is -1.86. The number of halogens is 1. The fourth-order valence-electron chi connectivity index (χ4n) is 4.00. The number of nitro benzene ring substituents is 1. The number of nitro groups is 1. The molecule has 150 valence electrons. The molecular weight excluding hydrogens is 368 g/mol. The molecule has 0 bridgehead atoms. The third-order valence-electron chi connectivity index (χ3n) is 5.70. The molecule has 1 amide bonds. The second-order valence-corrected chi connectivity index (χ2v) is 7.51. The van der Waals surface area contributed by atoms with Crippen molar-refractivity contribution in [2.45, 2.75) is 45.1 Å². The third-order valence-corrected chi connectivity index (χ3v) is 5.70. The van der Waals surface area contributed by atoms with Gasteiger partial charge in [-0.25, -0.2) is 0 Å². The second-order valence-electron chi connectivity index (χ2n) is 7.51. The number of anilines is 1. The van der Waals surface area contributed by atoms with Crippen LogP contribution in [0.15, 0.2) is 18.2 Å². The summed E-state index contributed by atoms with van der Waals surface area (Å²) in [6, 6.07) is 4.93. The highest BCUT2D eigenvalue weighted by Gasteiger charge is 2.29. The van der Waals surface area contributed by atoms with Gasteiger partial charge in [-0.15, -0.1) is 12.4 Å². The Kier molecular flexibility index (Phi) is 7.44. The summed E-state index contributed by atoms with van der Waals surface area (Å²) in [5.41, 5.74) is 6.83. The topological polar surface area (TPSA) is 92.7 Å². The van der Waals surface area contributed by atoms with Crippen LogP contribution in [0.5, 0.6) is 0 Å². The molecule has 0 radical (unpaired) electrons. The number of likely N-dealkylation sites (tertiary alicyclic amines) is 1. The number of rotatable bonds is 4. The van der Waals surface area contributed by atoms with Gasteiger partial charge >= 0.3 is 0 Å². The van der Waals surface area contributed by atoms with Gasteiger partial charge in [-0.1, -0.05) is 6.92 Å². The van der Waals surface area contributed by atoms with E-state index in [-0.39, 0.29) is 35.0 Å². The van der Waals surface area contributed by atoms with Crippen molar-refractivity contribution in [2.24, 2.45) is 11.7 Å². The summed E-state index contributed by atoms with van der Waals surface area (Å²) in [6.07, 6.45) is 4.98. The van der Waals surface area contributed by atoms with Crippen molar-refractivity contribution in [3.05, 3.63) is 33.9 Å². The predicted molar refractivity (Wildman–Crippen MR) is 109 cm³/mol. The molecule has 7 nitrogen and oxygen atoms in total. The summed E-state index contributed by atoms with van der Waals surface area (Å²) in [7, 11) is 0. The highest BCUT2D eigenvalue weighted by atomic mass is 35.5. The SMILES string of the molecule is CC1CCN(c2ccc(C(=O)N3CCCCC3CN)cc2[N+](=O)[O-])CC1.Cl. The largest absolute Gasteiger partial charge is 0.366 e. The fraction of sp³-hybridized carbons (Fsp3) is 0.632. The lowest BCUT2D eigenvalue weighted by atomic mass is 9.98. The van der Waals surface area contributed by atoms with Gasteiger partial charge in [0, 0.05) is 43.9 Å². The van der Waals surface area contributed by atoms with Crippen LogP contribution in [0.3, 0.4) is 0 Å². The minimum absolute atomic E-state index is 0. The maximum absolute atomic E-state index is 12.9. The van der Waals surface area contributed by atoms with Gasteiger partial charge in [0.05, 0.1) is 4.92 Å². The molecule has 2 aliphatic rings. The molecule has 8 heteroatoms. The zero-order valence-electron chi connectivity index (χ0n) is 15.8. The van der Waals surface area contributed by atoms with Crippen molar-refractivity contribution in [1.82, 2.24) is 4.90 Å². The summed E-state index contributed by atoms with van der Waals surface area (Å²) in [6.45, 7) is 4.94. The number of amides is 1. The molecule has 3 rings (SSSR count). The van der Waals surface area contributed by atoms with E-state index in [0.29, 0.717) is 30.3 Å². The zero-order valence-corrected chi connectivity index (χ0v) is 16.6. The van der Waals surface area contributed by atoms with Gasteiger partial charge in [-0.05, 0) is 50.2 Å². The van der Waals surface area contributed by atoms with E-state index >= 15 is 0 Å². The van der Waals surface area contributed by atoms with E-state index in [1.807, 2.05) is 0 Å². The van der Waals surface area contributed by atoms with Crippen LogP contribution in [0.2, 0.25) is 0 Å². The van der Waals surface area contributed by atoms with E-state index in [1.165, 1.54) is 6.07 Å². The average Bonchev–Trinajstić information content (AvgIpc) is 2.67. The Labute approximate surface area is 166 Å². The smallest absolute Gasteiger partial charge is 0.293 e. The maximum atomic E-state index is 12.9. The minimum Gasteiger partial charge on any atom is -0.366 e. The molecule has 1 atom stereocenters. The molecule has 27 heavy (non-hydrogen) atoms. The van der Waals surface area contributed by atoms with Crippen LogP contribution < -0.4 is 10.6 Å². The molecule has 0 aliphatic carbocycles. The summed E-state index contributed by atoms with van der Waals surface area (Å²) < 4.78 is 0. The van der Waals surface area contributed by atoms with Crippen molar-refractivity contribution >= 4 is 29.7 Å². The molecule has 0 spiro atoms. The van der Waals surface area contributed by atoms with Gasteiger partial charge in [-0.3, -0.25) is 14.9 Å². The van der Waals surface area contributed by atoms with Crippen LogP contribution in [-0.4, -0.2) is 48.0 Å². The highest BCUT2D eigenvalue weighted by molar-refractivity contribution is 5.96. The normalized spacial score (nSPS) is 20.9. The first-order valence-electron chi connectivity index (χ1n) is 9.55. The summed E-state index contributed by atoms with van der Waals surface area (Å²) in [4.78, 5) is 28.0. The fourth-order valence-corrected chi connectivity index (χ4v) is 4.00. The Morgan fingerprint density at radius 1 is 1.22 bits per heavy atom. The Balaban J connectivity index is 0.00000261. The lowest BCUT2D eigenvalue weighted by Gasteiger charge is -2.35. The Morgan fingerprint density at radius 3 is 2.56 bits per heavy atom. The number of piperidine rings is 2. The summed E-state index contributed by atoms with van der Waals surface area (Å²) in [5.74, 6) is 0.500. The van der Waals surface area contributed by atoms with E-state index in [1.54, 1.807) is 17.0 Å². The predicted octanol–water partition coefficient (Wildman–Crippen LogP) is 3.21. The number of carbonyl (C=O) groups excluding carboxylic acids is 1. The van der Waals surface area contributed by atoms with E-state index in [2.05, 4.69) is 11.8 Å². The summed E-state index contributed by atoms with van der Waals surface area (Å²) in [5, 5.41) is 11.6. The van der Waals surface area contributed by atoms with E-state index in [0.717, 1.165) is 45.2 Å². The lowest BCUT2D eigenvalue weighted by molar-refractivity contribution is -0.384. The molecule has 2 saturated heterocycles. The minimum atomic E-state index is -0.374. The average molecular weight is 397 g/mol. The van der Waals surface area contributed by atoms with E-state index in [9.17, 15) is 14.9 Å². The number of nitrogens with two attached hydrogens (primary N) is 1. The van der Waals surface area contributed by atoms with Crippen LogP contribution in [0.4, 0.5) is 11.4 Å². The second kappa shape index (κ2) is 9.37. The van der Waals surface area contributed by atoms with Gasteiger partial charge in [0.1, 0.15) is 5.69 Å². The third kappa shape index (κ3) is 4.71. The van der Waals surface area contributed by atoms with Crippen molar-refractivity contribution in [2.75, 3.05) is 31.1 Å². The maximum Gasteiger partial charge on any atom is 0.293 e. The van der Waals surface area contributed by atoms with Crippen molar-refractivity contribution in [1.29, 1.82) is 0 Å². The van der Waals surface area contributed by atoms with E-state index in [4.69, 9.17) is 5.73 Å².